The van der Waals surface area contributed by atoms with Crippen LogP contribution in [0.4, 0.5) is 0 Å². The molecule has 1 saturated heterocycles. The highest BCUT2D eigenvalue weighted by molar-refractivity contribution is 6.00. The fourth-order valence-corrected chi connectivity index (χ4v) is 3.43. The first-order chi connectivity index (χ1) is 12.7. The second-order valence-corrected chi connectivity index (χ2v) is 6.55. The minimum atomic E-state index is -0.141. The van der Waals surface area contributed by atoms with Gasteiger partial charge in [-0.2, -0.15) is 0 Å². The van der Waals surface area contributed by atoms with E-state index in [9.17, 15) is 4.79 Å². The molecule has 7 nitrogen and oxygen atoms in total. The van der Waals surface area contributed by atoms with Crippen LogP contribution in [0.2, 0.25) is 0 Å². The van der Waals surface area contributed by atoms with E-state index < -0.39 is 0 Å². The zero-order valence-electron chi connectivity index (χ0n) is 15.4. The van der Waals surface area contributed by atoms with Crippen molar-refractivity contribution in [2.45, 2.75) is 38.8 Å². The SMILES string of the molecule is C#CCn1nnc2cc(C(=O)NC3CCCCN(CC)C3)c(OC)cc21. The van der Waals surface area contributed by atoms with Crippen molar-refractivity contribution in [1.29, 1.82) is 0 Å². The van der Waals surface area contributed by atoms with Crippen LogP contribution in [0, 0.1) is 12.3 Å². The zero-order valence-corrected chi connectivity index (χ0v) is 15.4. The number of amides is 1. The predicted molar refractivity (Wildman–Crippen MR) is 100 cm³/mol. The van der Waals surface area contributed by atoms with Crippen molar-refractivity contribution in [3.63, 3.8) is 0 Å². The highest BCUT2D eigenvalue weighted by Crippen LogP contribution is 2.25. The van der Waals surface area contributed by atoms with Crippen molar-refractivity contribution >= 4 is 16.9 Å². The van der Waals surface area contributed by atoms with E-state index in [-0.39, 0.29) is 11.9 Å². The van der Waals surface area contributed by atoms with E-state index in [0.29, 0.717) is 23.4 Å². The Labute approximate surface area is 153 Å². The number of methoxy groups -OCH3 is 1. The number of likely N-dealkylation sites (N-methyl/N-ethyl adjacent to an activating group) is 1. The van der Waals surface area contributed by atoms with Crippen LogP contribution in [0.1, 0.15) is 36.5 Å². The van der Waals surface area contributed by atoms with Gasteiger partial charge < -0.3 is 15.0 Å². The lowest BCUT2D eigenvalue weighted by atomic mass is 10.1. The Balaban J connectivity index is 1.84. The standard InChI is InChI=1S/C19H25N5O2/c1-4-9-24-17-12-18(26-3)15(11-16(17)21-22-24)19(25)20-14-8-6-7-10-23(5-2)13-14/h1,11-12,14H,5-10,13H2,2-3H3,(H,20,25). The zero-order chi connectivity index (χ0) is 18.5. The number of likely N-dealkylation sites (tertiary alicyclic amines) is 1. The predicted octanol–water partition coefficient (Wildman–Crippen LogP) is 1.68. The summed E-state index contributed by atoms with van der Waals surface area (Å²) in [5.41, 5.74) is 1.85. The molecule has 7 heteroatoms. The number of aromatic nitrogens is 3. The molecule has 0 spiro atoms. The van der Waals surface area contributed by atoms with Gasteiger partial charge in [0.05, 0.1) is 18.2 Å². The molecule has 2 aromatic rings. The summed E-state index contributed by atoms with van der Waals surface area (Å²) >= 11 is 0. The quantitative estimate of drug-likeness (QED) is 0.826. The molecular formula is C19H25N5O2. The van der Waals surface area contributed by atoms with Crippen LogP contribution in [-0.2, 0) is 6.54 Å². The first-order valence-electron chi connectivity index (χ1n) is 9.04. The maximum Gasteiger partial charge on any atom is 0.255 e. The van der Waals surface area contributed by atoms with Crippen LogP contribution >= 0.6 is 0 Å². The van der Waals surface area contributed by atoms with E-state index in [0.717, 1.165) is 38.0 Å². The maximum absolute atomic E-state index is 12.9. The van der Waals surface area contributed by atoms with E-state index in [1.54, 1.807) is 23.9 Å². The minimum absolute atomic E-state index is 0.141. The molecule has 26 heavy (non-hydrogen) atoms. The van der Waals surface area contributed by atoms with Crippen molar-refractivity contribution < 1.29 is 9.53 Å². The van der Waals surface area contributed by atoms with Gasteiger partial charge in [0.25, 0.3) is 5.91 Å². The van der Waals surface area contributed by atoms with Gasteiger partial charge >= 0.3 is 0 Å². The molecule has 0 bridgehead atoms. The van der Waals surface area contributed by atoms with Gasteiger partial charge in [0.15, 0.2) is 0 Å². The molecule has 0 saturated carbocycles. The highest BCUT2D eigenvalue weighted by atomic mass is 16.5. The normalized spacial score (nSPS) is 18.3. The second-order valence-electron chi connectivity index (χ2n) is 6.55. The van der Waals surface area contributed by atoms with Gasteiger partial charge in [0.1, 0.15) is 17.8 Å². The van der Waals surface area contributed by atoms with Crippen molar-refractivity contribution in [3.8, 4) is 18.1 Å². The number of hydrogen-bond acceptors (Lipinski definition) is 5. The van der Waals surface area contributed by atoms with E-state index in [2.05, 4.69) is 33.4 Å². The summed E-state index contributed by atoms with van der Waals surface area (Å²) in [4.78, 5) is 15.3. The average Bonchev–Trinajstić information content (AvgIpc) is 2.89. The maximum atomic E-state index is 12.9. The molecule has 1 atom stereocenters. The molecule has 0 radical (unpaired) electrons. The summed E-state index contributed by atoms with van der Waals surface area (Å²) in [7, 11) is 1.55. The fraction of sp³-hybridized carbons (Fsp3) is 0.526. The molecule has 1 aliphatic rings. The number of carbonyl (C=O) groups is 1. The molecule has 0 aliphatic carbocycles. The number of fused-ring (bicyclic) bond motifs is 1. The summed E-state index contributed by atoms with van der Waals surface area (Å²) in [6.07, 6.45) is 8.65. The number of carbonyl (C=O) groups excluding carboxylic acids is 1. The van der Waals surface area contributed by atoms with Crippen LogP contribution < -0.4 is 10.1 Å². The van der Waals surface area contributed by atoms with Crippen LogP contribution in [0.15, 0.2) is 12.1 Å². The highest BCUT2D eigenvalue weighted by Gasteiger charge is 2.22. The topological polar surface area (TPSA) is 72.3 Å². The van der Waals surface area contributed by atoms with Crippen molar-refractivity contribution in [2.75, 3.05) is 26.7 Å². The number of nitrogens with zero attached hydrogens (tertiary/aromatic N) is 4. The third kappa shape index (κ3) is 3.81. The molecule has 1 amide bonds. The Kier molecular flexibility index (Phi) is 5.74. The molecule has 1 aromatic carbocycles. The molecule has 1 fully saturated rings. The van der Waals surface area contributed by atoms with Crippen LogP contribution in [0.3, 0.4) is 0 Å². The first-order valence-corrected chi connectivity index (χ1v) is 9.04. The Bertz CT molecular complexity index is 823. The van der Waals surface area contributed by atoms with Gasteiger partial charge in [-0.3, -0.25) is 4.79 Å². The summed E-state index contributed by atoms with van der Waals surface area (Å²) < 4.78 is 7.06. The number of ether oxygens (including phenoxy) is 1. The summed E-state index contributed by atoms with van der Waals surface area (Å²) in [6, 6.07) is 3.63. The third-order valence-corrected chi connectivity index (χ3v) is 4.86. The fourth-order valence-electron chi connectivity index (χ4n) is 3.43. The van der Waals surface area contributed by atoms with Gasteiger partial charge in [0.2, 0.25) is 0 Å². The monoisotopic (exact) mass is 355 g/mol. The lowest BCUT2D eigenvalue weighted by Crippen LogP contribution is -2.42. The minimum Gasteiger partial charge on any atom is -0.496 e. The first kappa shape index (κ1) is 18.2. The molecular weight excluding hydrogens is 330 g/mol. The molecule has 138 valence electrons. The summed E-state index contributed by atoms with van der Waals surface area (Å²) in [5.74, 6) is 2.90. The lowest BCUT2D eigenvalue weighted by molar-refractivity contribution is 0.0924. The number of rotatable bonds is 5. The van der Waals surface area contributed by atoms with Gasteiger partial charge in [-0.25, -0.2) is 4.68 Å². The Hall–Kier alpha value is -2.59. The van der Waals surface area contributed by atoms with Crippen molar-refractivity contribution in [1.82, 2.24) is 25.2 Å². The lowest BCUT2D eigenvalue weighted by Gasteiger charge is -2.23. The second kappa shape index (κ2) is 8.19. The number of terminal acetylenes is 1. The molecule has 1 unspecified atom stereocenters. The van der Waals surface area contributed by atoms with Gasteiger partial charge in [-0.05, 0) is 32.0 Å². The third-order valence-electron chi connectivity index (χ3n) is 4.86. The van der Waals surface area contributed by atoms with Crippen molar-refractivity contribution in [3.05, 3.63) is 17.7 Å². The number of benzene rings is 1. The van der Waals surface area contributed by atoms with E-state index >= 15 is 0 Å². The van der Waals surface area contributed by atoms with Gasteiger partial charge in [0, 0.05) is 18.7 Å². The smallest absolute Gasteiger partial charge is 0.255 e. The van der Waals surface area contributed by atoms with Gasteiger partial charge in [-0.15, -0.1) is 11.5 Å². The van der Waals surface area contributed by atoms with E-state index in [1.165, 1.54) is 6.42 Å². The molecule has 2 heterocycles. The Morgan fingerprint density at radius 1 is 1.46 bits per heavy atom. The van der Waals surface area contributed by atoms with Gasteiger partial charge in [-0.1, -0.05) is 24.5 Å². The average molecular weight is 355 g/mol. The number of hydrogen-bond donors (Lipinski definition) is 1. The molecule has 1 aromatic heterocycles. The Morgan fingerprint density at radius 2 is 2.31 bits per heavy atom. The van der Waals surface area contributed by atoms with Crippen LogP contribution in [0.5, 0.6) is 5.75 Å². The molecule has 3 rings (SSSR count). The van der Waals surface area contributed by atoms with Crippen LogP contribution in [-0.4, -0.2) is 58.6 Å². The van der Waals surface area contributed by atoms with Crippen molar-refractivity contribution in [2.24, 2.45) is 0 Å². The number of nitrogens with one attached hydrogen (secondary N) is 1. The van der Waals surface area contributed by atoms with E-state index in [1.807, 2.05) is 0 Å². The Morgan fingerprint density at radius 3 is 3.04 bits per heavy atom. The summed E-state index contributed by atoms with van der Waals surface area (Å²) in [5, 5.41) is 11.3. The summed E-state index contributed by atoms with van der Waals surface area (Å²) in [6.45, 7) is 5.45. The molecule has 1 aliphatic heterocycles. The molecule has 1 N–H and O–H groups in total. The van der Waals surface area contributed by atoms with E-state index in [4.69, 9.17) is 11.2 Å². The largest absolute Gasteiger partial charge is 0.496 e. The van der Waals surface area contributed by atoms with Crippen LogP contribution in [0.25, 0.3) is 11.0 Å².